The molecule has 1 heterocycles. The molecule has 0 aliphatic carbocycles. The maximum absolute atomic E-state index is 5.36. The highest BCUT2D eigenvalue weighted by Gasteiger charge is 2.26. The van der Waals surface area contributed by atoms with Crippen LogP contribution in [-0.2, 0) is 6.54 Å². The van der Waals surface area contributed by atoms with Crippen LogP contribution < -0.4 is 4.74 Å². The Balaban J connectivity index is 1.77. The highest BCUT2D eigenvalue weighted by Crippen LogP contribution is 2.34. The first-order chi connectivity index (χ1) is 10.3. The normalized spacial score (nSPS) is 18.9. The van der Waals surface area contributed by atoms with Crippen molar-refractivity contribution in [2.45, 2.75) is 32.4 Å². The van der Waals surface area contributed by atoms with Crippen LogP contribution >= 0.6 is 0 Å². The molecule has 21 heavy (non-hydrogen) atoms. The predicted molar refractivity (Wildman–Crippen MR) is 86.6 cm³/mol. The fourth-order valence-corrected chi connectivity index (χ4v) is 3.17. The van der Waals surface area contributed by atoms with Crippen LogP contribution in [0.2, 0.25) is 0 Å². The molecule has 2 nitrogen and oxygen atoms in total. The second-order valence-corrected chi connectivity index (χ2v) is 5.89. The minimum Gasteiger partial charge on any atom is -0.497 e. The van der Waals surface area contributed by atoms with Crippen molar-refractivity contribution in [2.24, 2.45) is 0 Å². The molecule has 2 heteroatoms. The SMILES string of the molecule is COc1cccc(C2CCCN2Cc2ccc(C)cc2)c1. The number of benzene rings is 2. The highest BCUT2D eigenvalue weighted by molar-refractivity contribution is 5.31. The number of ether oxygens (including phenoxy) is 1. The first-order valence-corrected chi connectivity index (χ1v) is 7.70. The molecular weight excluding hydrogens is 258 g/mol. The summed E-state index contributed by atoms with van der Waals surface area (Å²) in [5.41, 5.74) is 4.10. The number of hydrogen-bond donors (Lipinski definition) is 0. The largest absolute Gasteiger partial charge is 0.497 e. The maximum atomic E-state index is 5.36. The molecule has 1 fully saturated rings. The van der Waals surface area contributed by atoms with Gasteiger partial charge in [-0.2, -0.15) is 0 Å². The van der Waals surface area contributed by atoms with Gasteiger partial charge in [-0.05, 0) is 49.6 Å². The lowest BCUT2D eigenvalue weighted by molar-refractivity contribution is 0.248. The van der Waals surface area contributed by atoms with Crippen LogP contribution in [0.3, 0.4) is 0 Å². The van der Waals surface area contributed by atoms with Crippen molar-refractivity contribution in [3.8, 4) is 5.75 Å². The van der Waals surface area contributed by atoms with Crippen LogP contribution in [0.4, 0.5) is 0 Å². The molecular formula is C19H23NO. The molecule has 0 N–H and O–H groups in total. The summed E-state index contributed by atoms with van der Waals surface area (Å²) in [4.78, 5) is 2.58. The molecule has 1 unspecified atom stereocenters. The van der Waals surface area contributed by atoms with Crippen LogP contribution in [0.5, 0.6) is 5.75 Å². The number of hydrogen-bond acceptors (Lipinski definition) is 2. The molecule has 0 aromatic heterocycles. The number of nitrogens with zero attached hydrogens (tertiary/aromatic N) is 1. The van der Waals surface area contributed by atoms with Crippen molar-refractivity contribution >= 4 is 0 Å². The summed E-state index contributed by atoms with van der Waals surface area (Å²) in [6.45, 7) is 4.34. The minimum absolute atomic E-state index is 0.515. The minimum atomic E-state index is 0.515. The first kappa shape index (κ1) is 14.2. The van der Waals surface area contributed by atoms with Crippen molar-refractivity contribution in [1.82, 2.24) is 4.90 Å². The fraction of sp³-hybridized carbons (Fsp3) is 0.368. The molecule has 0 bridgehead atoms. The molecule has 0 radical (unpaired) electrons. The van der Waals surface area contributed by atoms with Crippen LogP contribution in [0, 0.1) is 6.92 Å². The Morgan fingerprint density at radius 1 is 1.14 bits per heavy atom. The lowest BCUT2D eigenvalue weighted by Gasteiger charge is -2.25. The summed E-state index contributed by atoms with van der Waals surface area (Å²) >= 11 is 0. The molecule has 2 aromatic carbocycles. The van der Waals surface area contributed by atoms with Crippen molar-refractivity contribution in [1.29, 1.82) is 0 Å². The molecule has 0 spiro atoms. The highest BCUT2D eigenvalue weighted by atomic mass is 16.5. The fourth-order valence-electron chi connectivity index (χ4n) is 3.17. The third kappa shape index (κ3) is 3.27. The van der Waals surface area contributed by atoms with E-state index in [1.54, 1.807) is 7.11 Å². The van der Waals surface area contributed by atoms with E-state index in [1.165, 1.54) is 36.1 Å². The van der Waals surface area contributed by atoms with E-state index < -0.39 is 0 Å². The van der Waals surface area contributed by atoms with Gasteiger partial charge in [-0.1, -0.05) is 42.0 Å². The summed E-state index contributed by atoms with van der Waals surface area (Å²) in [6.07, 6.45) is 2.51. The van der Waals surface area contributed by atoms with E-state index in [0.29, 0.717) is 6.04 Å². The summed E-state index contributed by atoms with van der Waals surface area (Å²) in [5.74, 6) is 0.953. The number of aryl methyl sites for hydroxylation is 1. The van der Waals surface area contributed by atoms with Gasteiger partial charge in [-0.3, -0.25) is 4.90 Å². The van der Waals surface area contributed by atoms with Gasteiger partial charge in [0.1, 0.15) is 5.75 Å². The maximum Gasteiger partial charge on any atom is 0.119 e. The molecule has 1 aliphatic rings. The van der Waals surface area contributed by atoms with E-state index in [1.807, 2.05) is 6.07 Å². The van der Waals surface area contributed by atoms with Crippen molar-refractivity contribution in [2.75, 3.05) is 13.7 Å². The van der Waals surface area contributed by atoms with Crippen molar-refractivity contribution in [3.63, 3.8) is 0 Å². The van der Waals surface area contributed by atoms with Crippen molar-refractivity contribution in [3.05, 3.63) is 65.2 Å². The van der Waals surface area contributed by atoms with E-state index in [9.17, 15) is 0 Å². The molecule has 110 valence electrons. The lowest BCUT2D eigenvalue weighted by Crippen LogP contribution is -2.22. The van der Waals surface area contributed by atoms with E-state index >= 15 is 0 Å². The first-order valence-electron chi connectivity index (χ1n) is 7.70. The summed E-state index contributed by atoms with van der Waals surface area (Å²) < 4.78 is 5.36. The molecule has 1 saturated heterocycles. The number of likely N-dealkylation sites (tertiary alicyclic amines) is 1. The van der Waals surface area contributed by atoms with Gasteiger partial charge in [0.2, 0.25) is 0 Å². The third-order valence-electron chi connectivity index (χ3n) is 4.35. The van der Waals surface area contributed by atoms with Crippen LogP contribution in [-0.4, -0.2) is 18.6 Å². The van der Waals surface area contributed by atoms with E-state index in [0.717, 1.165) is 12.3 Å². The van der Waals surface area contributed by atoms with Gasteiger partial charge in [0, 0.05) is 12.6 Å². The smallest absolute Gasteiger partial charge is 0.119 e. The Bertz CT molecular complexity index is 591. The Labute approximate surface area is 127 Å². The monoisotopic (exact) mass is 281 g/mol. The van der Waals surface area contributed by atoms with Crippen LogP contribution in [0.15, 0.2) is 48.5 Å². The molecule has 1 atom stereocenters. The van der Waals surface area contributed by atoms with Gasteiger partial charge in [0.15, 0.2) is 0 Å². The third-order valence-corrected chi connectivity index (χ3v) is 4.35. The van der Waals surface area contributed by atoms with Gasteiger partial charge >= 0.3 is 0 Å². The Kier molecular flexibility index (Phi) is 4.26. The van der Waals surface area contributed by atoms with Gasteiger partial charge in [-0.15, -0.1) is 0 Å². The number of rotatable bonds is 4. The second-order valence-electron chi connectivity index (χ2n) is 5.89. The zero-order valence-corrected chi connectivity index (χ0v) is 12.9. The average molecular weight is 281 g/mol. The predicted octanol–water partition coefficient (Wildman–Crippen LogP) is 4.34. The zero-order chi connectivity index (χ0) is 14.7. The van der Waals surface area contributed by atoms with Gasteiger partial charge in [0.05, 0.1) is 7.11 Å². The quantitative estimate of drug-likeness (QED) is 0.826. The molecule has 0 saturated carbocycles. The summed E-state index contributed by atoms with van der Waals surface area (Å²) in [6, 6.07) is 17.9. The van der Waals surface area contributed by atoms with Crippen molar-refractivity contribution < 1.29 is 4.74 Å². The van der Waals surface area contributed by atoms with Gasteiger partial charge < -0.3 is 4.74 Å². The Hall–Kier alpha value is -1.80. The van der Waals surface area contributed by atoms with E-state index in [2.05, 4.69) is 54.3 Å². The van der Waals surface area contributed by atoms with Crippen LogP contribution in [0.1, 0.15) is 35.6 Å². The van der Waals surface area contributed by atoms with Gasteiger partial charge in [0.25, 0.3) is 0 Å². The molecule has 1 aliphatic heterocycles. The number of methoxy groups -OCH3 is 1. The Morgan fingerprint density at radius 2 is 1.95 bits per heavy atom. The lowest BCUT2D eigenvalue weighted by atomic mass is 10.0. The average Bonchev–Trinajstić information content (AvgIpc) is 2.98. The zero-order valence-electron chi connectivity index (χ0n) is 12.9. The van der Waals surface area contributed by atoms with E-state index in [4.69, 9.17) is 4.74 Å². The molecule has 2 aromatic rings. The molecule has 0 amide bonds. The van der Waals surface area contributed by atoms with Gasteiger partial charge in [-0.25, -0.2) is 0 Å². The van der Waals surface area contributed by atoms with Crippen LogP contribution in [0.25, 0.3) is 0 Å². The Morgan fingerprint density at radius 3 is 2.71 bits per heavy atom. The second kappa shape index (κ2) is 6.31. The van der Waals surface area contributed by atoms with E-state index in [-0.39, 0.29) is 0 Å². The topological polar surface area (TPSA) is 12.5 Å². The summed E-state index contributed by atoms with van der Waals surface area (Å²) in [7, 11) is 1.73. The molecule has 3 rings (SSSR count). The standard InChI is InChI=1S/C19H23NO/c1-15-8-10-16(11-9-15)14-20-12-4-7-19(20)17-5-3-6-18(13-17)21-2/h3,5-6,8-11,13,19H,4,7,12,14H2,1-2H3. The summed E-state index contributed by atoms with van der Waals surface area (Å²) in [5, 5.41) is 0.